The second-order valence-electron chi connectivity index (χ2n) is 6.46. The summed E-state index contributed by atoms with van der Waals surface area (Å²) in [6, 6.07) is 7.53. The van der Waals surface area contributed by atoms with Gasteiger partial charge in [-0.2, -0.15) is 0 Å². The molecular formula is C18H25NO5. The first-order valence-corrected chi connectivity index (χ1v) is 8.27. The molecule has 6 heteroatoms. The van der Waals surface area contributed by atoms with E-state index in [2.05, 4.69) is 13.8 Å². The fraction of sp³-hybridized carbons (Fsp3) is 0.556. The summed E-state index contributed by atoms with van der Waals surface area (Å²) in [5, 5.41) is 8.83. The number of ether oxygens (including phenoxy) is 2. The summed E-state index contributed by atoms with van der Waals surface area (Å²) in [5.41, 5.74) is 0.915. The fourth-order valence-corrected chi connectivity index (χ4v) is 2.52. The first kappa shape index (κ1) is 18.3. The molecule has 0 saturated carbocycles. The van der Waals surface area contributed by atoms with Gasteiger partial charge in [0.15, 0.2) is 0 Å². The van der Waals surface area contributed by atoms with Crippen LogP contribution in [-0.4, -0.2) is 54.3 Å². The van der Waals surface area contributed by atoms with Crippen LogP contribution in [-0.2, 0) is 20.7 Å². The zero-order valence-electron chi connectivity index (χ0n) is 14.2. The van der Waals surface area contributed by atoms with Crippen LogP contribution in [0.5, 0.6) is 5.75 Å². The highest BCUT2D eigenvalue weighted by atomic mass is 16.5. The molecule has 1 aliphatic heterocycles. The second kappa shape index (κ2) is 8.68. The number of nitrogens with zero attached hydrogens (tertiary/aromatic N) is 1. The summed E-state index contributed by atoms with van der Waals surface area (Å²) in [6.07, 6.45) is -0.206. The van der Waals surface area contributed by atoms with Gasteiger partial charge in [0.1, 0.15) is 5.75 Å². The van der Waals surface area contributed by atoms with E-state index in [1.807, 2.05) is 24.3 Å². The van der Waals surface area contributed by atoms with Crippen LogP contribution in [0.15, 0.2) is 24.3 Å². The summed E-state index contributed by atoms with van der Waals surface area (Å²) in [4.78, 5) is 24.8. The minimum atomic E-state index is -0.911. The molecule has 0 spiro atoms. The van der Waals surface area contributed by atoms with Gasteiger partial charge in [0.05, 0.1) is 32.2 Å². The number of rotatable bonds is 7. The quantitative estimate of drug-likeness (QED) is 0.824. The molecule has 1 N–H and O–H groups in total. The van der Waals surface area contributed by atoms with Gasteiger partial charge in [-0.3, -0.25) is 9.59 Å². The Labute approximate surface area is 142 Å². The molecule has 1 aromatic rings. The van der Waals surface area contributed by atoms with Crippen molar-refractivity contribution in [2.24, 2.45) is 5.92 Å². The van der Waals surface area contributed by atoms with E-state index in [1.54, 1.807) is 4.90 Å². The summed E-state index contributed by atoms with van der Waals surface area (Å²) >= 11 is 0. The lowest BCUT2D eigenvalue weighted by Gasteiger charge is -2.32. The van der Waals surface area contributed by atoms with Crippen LogP contribution >= 0.6 is 0 Å². The molecule has 24 heavy (non-hydrogen) atoms. The highest BCUT2D eigenvalue weighted by molar-refractivity contribution is 5.79. The Balaban J connectivity index is 1.86. The highest BCUT2D eigenvalue weighted by Gasteiger charge is 2.25. The molecule has 2 rings (SSSR count). The van der Waals surface area contributed by atoms with Gasteiger partial charge in [0.2, 0.25) is 5.91 Å². The highest BCUT2D eigenvalue weighted by Crippen LogP contribution is 2.15. The van der Waals surface area contributed by atoms with Crippen LogP contribution < -0.4 is 4.74 Å². The number of carbonyl (C=O) groups excluding carboxylic acids is 1. The molecule has 1 amide bonds. The lowest BCUT2D eigenvalue weighted by molar-refractivity contribution is -0.147. The summed E-state index contributed by atoms with van der Waals surface area (Å²) < 4.78 is 11.0. The van der Waals surface area contributed by atoms with Gasteiger partial charge in [-0.15, -0.1) is 0 Å². The maximum Gasteiger partial charge on any atom is 0.306 e. The third-order valence-electron chi connectivity index (χ3n) is 3.76. The normalized spacial score (nSPS) is 17.8. The molecule has 0 bridgehead atoms. The molecule has 1 unspecified atom stereocenters. The van der Waals surface area contributed by atoms with Crippen molar-refractivity contribution in [3.05, 3.63) is 29.8 Å². The lowest BCUT2D eigenvalue weighted by atomic mass is 10.1. The monoisotopic (exact) mass is 335 g/mol. The largest absolute Gasteiger partial charge is 0.493 e. The SMILES string of the molecule is CC(C)COc1ccc(CC(=O)N2CCOC(CC(=O)O)C2)cc1. The van der Waals surface area contributed by atoms with Crippen molar-refractivity contribution in [2.45, 2.75) is 32.8 Å². The van der Waals surface area contributed by atoms with Crippen molar-refractivity contribution in [2.75, 3.05) is 26.3 Å². The Bertz CT molecular complexity index is 555. The fourth-order valence-electron chi connectivity index (χ4n) is 2.52. The van der Waals surface area contributed by atoms with Gasteiger partial charge in [-0.05, 0) is 23.6 Å². The van der Waals surface area contributed by atoms with Crippen LogP contribution in [0.2, 0.25) is 0 Å². The average molecular weight is 335 g/mol. The number of carbonyl (C=O) groups is 2. The molecule has 0 radical (unpaired) electrons. The van der Waals surface area contributed by atoms with Crippen molar-refractivity contribution >= 4 is 11.9 Å². The van der Waals surface area contributed by atoms with E-state index >= 15 is 0 Å². The number of aliphatic carboxylic acids is 1. The smallest absolute Gasteiger partial charge is 0.306 e. The van der Waals surface area contributed by atoms with Crippen molar-refractivity contribution in [1.82, 2.24) is 4.90 Å². The zero-order chi connectivity index (χ0) is 17.5. The molecule has 6 nitrogen and oxygen atoms in total. The number of hydrogen-bond donors (Lipinski definition) is 1. The van der Waals surface area contributed by atoms with Gasteiger partial charge >= 0.3 is 5.97 Å². The van der Waals surface area contributed by atoms with Crippen LogP contribution in [0.1, 0.15) is 25.8 Å². The number of carboxylic acids is 1. The third kappa shape index (κ3) is 5.85. The summed E-state index contributed by atoms with van der Waals surface area (Å²) in [7, 11) is 0. The van der Waals surface area contributed by atoms with E-state index in [9.17, 15) is 9.59 Å². The van der Waals surface area contributed by atoms with Crippen LogP contribution in [0, 0.1) is 5.92 Å². The van der Waals surface area contributed by atoms with E-state index in [4.69, 9.17) is 14.6 Å². The molecular weight excluding hydrogens is 310 g/mol. The van der Waals surface area contributed by atoms with E-state index in [0.717, 1.165) is 11.3 Å². The Morgan fingerprint density at radius 3 is 2.67 bits per heavy atom. The van der Waals surface area contributed by atoms with Gasteiger partial charge in [0.25, 0.3) is 0 Å². The molecule has 1 saturated heterocycles. The van der Waals surface area contributed by atoms with E-state index in [-0.39, 0.29) is 12.3 Å². The van der Waals surface area contributed by atoms with Gasteiger partial charge < -0.3 is 19.5 Å². The molecule has 1 atom stereocenters. The van der Waals surface area contributed by atoms with Crippen molar-refractivity contribution in [3.63, 3.8) is 0 Å². The van der Waals surface area contributed by atoms with Crippen molar-refractivity contribution in [1.29, 1.82) is 0 Å². The Morgan fingerprint density at radius 2 is 2.04 bits per heavy atom. The van der Waals surface area contributed by atoms with Crippen molar-refractivity contribution in [3.8, 4) is 5.75 Å². The molecule has 1 aromatic carbocycles. The number of morpholine rings is 1. The number of hydrogen-bond acceptors (Lipinski definition) is 4. The van der Waals surface area contributed by atoms with Gasteiger partial charge in [-0.25, -0.2) is 0 Å². The van der Waals surface area contributed by atoms with E-state index in [0.29, 0.717) is 38.6 Å². The number of amides is 1. The molecule has 1 heterocycles. The van der Waals surface area contributed by atoms with Crippen LogP contribution in [0.3, 0.4) is 0 Å². The molecule has 0 aliphatic carbocycles. The Hall–Kier alpha value is -2.08. The minimum absolute atomic E-state index is 0.00969. The minimum Gasteiger partial charge on any atom is -0.493 e. The predicted octanol–water partition coefficient (Wildman–Crippen LogP) is 1.97. The first-order valence-electron chi connectivity index (χ1n) is 8.27. The molecule has 132 valence electrons. The number of carboxylic acid groups (broad SMARTS) is 1. The molecule has 1 aliphatic rings. The zero-order valence-corrected chi connectivity index (χ0v) is 14.2. The predicted molar refractivity (Wildman–Crippen MR) is 89.1 cm³/mol. The first-order chi connectivity index (χ1) is 11.4. The second-order valence-corrected chi connectivity index (χ2v) is 6.46. The van der Waals surface area contributed by atoms with E-state index in [1.165, 1.54) is 0 Å². The maximum absolute atomic E-state index is 12.4. The molecule has 1 fully saturated rings. The van der Waals surface area contributed by atoms with E-state index < -0.39 is 12.1 Å². The van der Waals surface area contributed by atoms with Gasteiger partial charge in [0, 0.05) is 13.1 Å². The Kier molecular flexibility index (Phi) is 6.61. The van der Waals surface area contributed by atoms with Crippen LogP contribution in [0.25, 0.3) is 0 Å². The average Bonchev–Trinajstić information content (AvgIpc) is 2.53. The van der Waals surface area contributed by atoms with Crippen LogP contribution in [0.4, 0.5) is 0 Å². The molecule has 0 aromatic heterocycles. The number of benzene rings is 1. The standard InChI is InChI=1S/C18H25NO5/c1-13(2)12-24-15-5-3-14(4-6-15)9-17(20)19-7-8-23-16(11-19)10-18(21)22/h3-6,13,16H,7-12H2,1-2H3,(H,21,22). The maximum atomic E-state index is 12.4. The third-order valence-corrected chi connectivity index (χ3v) is 3.76. The summed E-state index contributed by atoms with van der Waals surface area (Å²) in [5.74, 6) is 0.343. The topological polar surface area (TPSA) is 76.1 Å². The van der Waals surface area contributed by atoms with Crippen molar-refractivity contribution < 1.29 is 24.2 Å². The lowest BCUT2D eigenvalue weighted by Crippen LogP contribution is -2.46. The van der Waals surface area contributed by atoms with Gasteiger partial charge in [-0.1, -0.05) is 26.0 Å². The Morgan fingerprint density at radius 1 is 1.33 bits per heavy atom. The summed E-state index contributed by atoms with van der Waals surface area (Å²) in [6.45, 7) is 6.06.